The first-order valence-electron chi connectivity index (χ1n) is 9.08. The highest BCUT2D eigenvalue weighted by Crippen LogP contribution is 2.29. The number of H-pyrrole nitrogens is 1. The van der Waals surface area contributed by atoms with E-state index in [1.165, 1.54) is 18.3 Å². The minimum Gasteiger partial charge on any atom is -0.334 e. The summed E-state index contributed by atoms with van der Waals surface area (Å²) in [5.41, 5.74) is 2.54. The second-order valence-corrected chi connectivity index (χ2v) is 6.53. The van der Waals surface area contributed by atoms with Crippen LogP contribution in [0, 0.1) is 5.82 Å². The number of pyridine rings is 1. The number of unbranched alkanes of at least 4 members (excludes halogenated alkanes) is 1. The van der Waals surface area contributed by atoms with Gasteiger partial charge in [-0.15, -0.1) is 0 Å². The summed E-state index contributed by atoms with van der Waals surface area (Å²) in [7, 11) is 1.79. The summed E-state index contributed by atoms with van der Waals surface area (Å²) in [5.74, 6) is -0.516. The van der Waals surface area contributed by atoms with E-state index in [-0.39, 0.29) is 17.8 Å². The van der Waals surface area contributed by atoms with Crippen molar-refractivity contribution in [2.45, 2.75) is 32.2 Å². The summed E-state index contributed by atoms with van der Waals surface area (Å²) in [6.45, 7) is 2.13. The fourth-order valence-corrected chi connectivity index (χ4v) is 3.20. The molecule has 140 valence electrons. The number of nitrogens with zero attached hydrogens (tertiary/aromatic N) is 3. The lowest BCUT2D eigenvalue weighted by Gasteiger charge is -2.28. The van der Waals surface area contributed by atoms with Crippen molar-refractivity contribution in [3.63, 3.8) is 0 Å². The lowest BCUT2D eigenvalue weighted by molar-refractivity contribution is 0.0721. The Bertz CT molecular complexity index is 894. The number of carbonyl (C=O) groups excluding carboxylic acids is 1. The van der Waals surface area contributed by atoms with Crippen LogP contribution in [0.2, 0.25) is 0 Å². The zero-order valence-corrected chi connectivity index (χ0v) is 15.5. The van der Waals surface area contributed by atoms with Crippen molar-refractivity contribution in [3.05, 3.63) is 71.9 Å². The van der Waals surface area contributed by atoms with Gasteiger partial charge in [-0.1, -0.05) is 38.0 Å². The molecule has 0 saturated heterocycles. The van der Waals surface area contributed by atoms with Crippen LogP contribution in [0.5, 0.6) is 0 Å². The summed E-state index contributed by atoms with van der Waals surface area (Å²) in [6.07, 6.45) is 7.91. The van der Waals surface area contributed by atoms with E-state index in [0.717, 1.165) is 24.8 Å². The molecule has 6 heteroatoms. The van der Waals surface area contributed by atoms with Gasteiger partial charge in [0.15, 0.2) is 0 Å². The molecule has 5 nitrogen and oxygen atoms in total. The lowest BCUT2D eigenvalue weighted by Crippen LogP contribution is -2.31. The predicted molar refractivity (Wildman–Crippen MR) is 103 cm³/mol. The van der Waals surface area contributed by atoms with Gasteiger partial charge in [0.1, 0.15) is 5.82 Å². The highest BCUT2D eigenvalue weighted by atomic mass is 19.1. The molecule has 0 saturated carbocycles. The Balaban J connectivity index is 1.91. The maximum atomic E-state index is 13.6. The molecular weight excluding hydrogens is 343 g/mol. The van der Waals surface area contributed by atoms with Crippen LogP contribution in [0.25, 0.3) is 11.3 Å². The van der Waals surface area contributed by atoms with E-state index in [1.807, 2.05) is 12.1 Å². The number of hydrogen-bond acceptors (Lipinski definition) is 3. The Morgan fingerprint density at radius 1 is 1.26 bits per heavy atom. The molecule has 0 spiro atoms. The fourth-order valence-electron chi connectivity index (χ4n) is 3.20. The van der Waals surface area contributed by atoms with Gasteiger partial charge in [0.2, 0.25) is 0 Å². The number of benzene rings is 1. The van der Waals surface area contributed by atoms with E-state index in [9.17, 15) is 9.18 Å². The minimum atomic E-state index is -0.356. The number of rotatable bonds is 7. The molecule has 1 N–H and O–H groups in total. The molecule has 2 heterocycles. The van der Waals surface area contributed by atoms with Crippen LogP contribution in [0.3, 0.4) is 0 Å². The summed E-state index contributed by atoms with van der Waals surface area (Å²) < 4.78 is 13.6. The third-order valence-corrected chi connectivity index (χ3v) is 4.67. The van der Waals surface area contributed by atoms with Gasteiger partial charge in [-0.05, 0) is 30.2 Å². The number of aromatic nitrogens is 3. The Morgan fingerprint density at radius 3 is 2.81 bits per heavy atom. The second-order valence-electron chi connectivity index (χ2n) is 6.53. The Hall–Kier alpha value is -3.02. The zero-order chi connectivity index (χ0) is 19.2. The van der Waals surface area contributed by atoms with E-state index >= 15 is 0 Å². The van der Waals surface area contributed by atoms with Crippen LogP contribution in [0.4, 0.5) is 4.39 Å². The van der Waals surface area contributed by atoms with Gasteiger partial charge in [-0.2, -0.15) is 5.10 Å². The van der Waals surface area contributed by atoms with Gasteiger partial charge >= 0.3 is 0 Å². The largest absolute Gasteiger partial charge is 0.334 e. The summed E-state index contributed by atoms with van der Waals surface area (Å²) in [6, 6.07) is 9.91. The average molecular weight is 366 g/mol. The molecule has 3 rings (SSSR count). The van der Waals surface area contributed by atoms with E-state index in [1.54, 1.807) is 36.5 Å². The van der Waals surface area contributed by atoms with Crippen LogP contribution in [0.15, 0.2) is 55.0 Å². The zero-order valence-electron chi connectivity index (χ0n) is 15.5. The Labute approximate surface area is 158 Å². The monoisotopic (exact) mass is 366 g/mol. The van der Waals surface area contributed by atoms with Gasteiger partial charge in [-0.3, -0.25) is 14.9 Å². The first-order chi connectivity index (χ1) is 13.1. The topological polar surface area (TPSA) is 61.9 Å². The van der Waals surface area contributed by atoms with Crippen molar-refractivity contribution >= 4 is 5.91 Å². The molecule has 1 atom stereocenters. The molecule has 0 fully saturated rings. The van der Waals surface area contributed by atoms with E-state index in [2.05, 4.69) is 22.1 Å². The highest BCUT2D eigenvalue weighted by Gasteiger charge is 2.25. The molecule has 3 aromatic rings. The van der Waals surface area contributed by atoms with Crippen molar-refractivity contribution in [2.75, 3.05) is 7.05 Å². The predicted octanol–water partition coefficient (Wildman–Crippen LogP) is 4.61. The summed E-state index contributed by atoms with van der Waals surface area (Å²) >= 11 is 0. The summed E-state index contributed by atoms with van der Waals surface area (Å²) in [4.78, 5) is 19.1. The normalized spacial score (nSPS) is 12.0. The third-order valence-electron chi connectivity index (χ3n) is 4.67. The van der Waals surface area contributed by atoms with Crippen molar-refractivity contribution in [3.8, 4) is 11.3 Å². The molecule has 0 aliphatic rings. The Morgan fingerprint density at radius 2 is 2.11 bits per heavy atom. The number of hydrogen-bond donors (Lipinski definition) is 1. The lowest BCUT2D eigenvalue weighted by atomic mass is 10.00. The van der Waals surface area contributed by atoms with Crippen LogP contribution in [-0.2, 0) is 0 Å². The van der Waals surface area contributed by atoms with Crippen molar-refractivity contribution < 1.29 is 9.18 Å². The number of halogens is 1. The standard InChI is InChI=1S/C21H23FN4O/c1-3-4-10-19(16-8-6-11-23-13-16)26(2)21(27)18-14-24-25-20(18)15-7-5-9-17(22)12-15/h5-9,11-14,19H,3-4,10H2,1-2H3,(H,24,25)/t19-/m1/s1. The molecule has 0 bridgehead atoms. The number of nitrogens with one attached hydrogen (secondary N) is 1. The van der Waals surface area contributed by atoms with Crippen molar-refractivity contribution in [1.29, 1.82) is 0 Å². The number of aromatic amines is 1. The van der Waals surface area contributed by atoms with E-state index in [0.29, 0.717) is 16.8 Å². The molecule has 0 aliphatic carbocycles. The van der Waals surface area contributed by atoms with Crippen LogP contribution in [-0.4, -0.2) is 33.0 Å². The van der Waals surface area contributed by atoms with Gasteiger partial charge in [0, 0.05) is 25.0 Å². The van der Waals surface area contributed by atoms with Gasteiger partial charge in [0.25, 0.3) is 5.91 Å². The van der Waals surface area contributed by atoms with Crippen LogP contribution in [0.1, 0.15) is 48.1 Å². The van der Waals surface area contributed by atoms with Crippen molar-refractivity contribution in [2.24, 2.45) is 0 Å². The maximum Gasteiger partial charge on any atom is 0.257 e. The first-order valence-corrected chi connectivity index (χ1v) is 9.08. The highest BCUT2D eigenvalue weighted by molar-refractivity contribution is 5.99. The molecule has 0 radical (unpaired) electrons. The number of carbonyl (C=O) groups is 1. The average Bonchev–Trinajstić information content (AvgIpc) is 3.18. The van der Waals surface area contributed by atoms with Crippen molar-refractivity contribution in [1.82, 2.24) is 20.1 Å². The van der Waals surface area contributed by atoms with Gasteiger partial charge in [0.05, 0.1) is 23.5 Å². The van der Waals surface area contributed by atoms with Gasteiger partial charge in [-0.25, -0.2) is 4.39 Å². The van der Waals surface area contributed by atoms with Crippen LogP contribution < -0.4 is 0 Å². The van der Waals surface area contributed by atoms with E-state index < -0.39 is 0 Å². The first kappa shape index (κ1) is 18.8. The maximum absolute atomic E-state index is 13.6. The molecule has 2 aromatic heterocycles. The number of amides is 1. The molecule has 0 aliphatic heterocycles. The van der Waals surface area contributed by atoms with Gasteiger partial charge < -0.3 is 4.90 Å². The fraction of sp³-hybridized carbons (Fsp3) is 0.286. The quantitative estimate of drug-likeness (QED) is 0.664. The molecule has 1 amide bonds. The molecule has 27 heavy (non-hydrogen) atoms. The minimum absolute atomic E-state index is 0.0820. The SMILES string of the molecule is CCCC[C@H](c1cccnc1)N(C)C(=O)c1cn[nH]c1-c1cccc(F)c1. The second kappa shape index (κ2) is 8.58. The summed E-state index contributed by atoms with van der Waals surface area (Å²) in [5, 5.41) is 6.85. The third kappa shape index (κ3) is 4.22. The van der Waals surface area contributed by atoms with Crippen LogP contribution >= 0.6 is 0 Å². The van der Waals surface area contributed by atoms with E-state index in [4.69, 9.17) is 0 Å². The molecular formula is C21H23FN4O. The molecule has 1 aromatic carbocycles. The Kier molecular flexibility index (Phi) is 5.96. The molecule has 0 unspecified atom stereocenters. The smallest absolute Gasteiger partial charge is 0.257 e.